The monoisotopic (exact) mass is 329 g/mol. The number of methoxy groups -OCH3 is 2. The Hall–Kier alpha value is -2.20. The van der Waals surface area contributed by atoms with Crippen LogP contribution < -0.4 is 14.8 Å². The average molecular weight is 329 g/mol. The van der Waals surface area contributed by atoms with E-state index >= 15 is 0 Å². The highest BCUT2D eigenvalue weighted by molar-refractivity contribution is 5.74. The number of rotatable bonds is 10. The molecule has 4 heteroatoms. The first-order chi connectivity index (χ1) is 11.8. The predicted molar refractivity (Wildman–Crippen MR) is 99.0 cm³/mol. The summed E-state index contributed by atoms with van der Waals surface area (Å²) >= 11 is 0. The molecule has 0 aromatic heterocycles. The van der Waals surface area contributed by atoms with Gasteiger partial charge in [-0.25, -0.2) is 0 Å². The van der Waals surface area contributed by atoms with Crippen molar-refractivity contribution in [3.63, 3.8) is 0 Å². The van der Waals surface area contributed by atoms with Crippen LogP contribution in [-0.4, -0.2) is 32.5 Å². The van der Waals surface area contributed by atoms with Crippen LogP contribution in [-0.2, 0) is 0 Å². The van der Waals surface area contributed by atoms with Crippen molar-refractivity contribution in [1.82, 2.24) is 0 Å². The molecule has 0 saturated carbocycles. The van der Waals surface area contributed by atoms with Gasteiger partial charge in [-0.15, -0.1) is 0 Å². The van der Waals surface area contributed by atoms with Gasteiger partial charge in [-0.3, -0.25) is 0 Å². The SMILES string of the molecule is COc1ccc(-c2cccc(NCCCCCCO)c2)c(OC)c1. The summed E-state index contributed by atoms with van der Waals surface area (Å²) in [6.07, 6.45) is 4.23. The molecule has 0 aliphatic carbocycles. The molecule has 0 amide bonds. The van der Waals surface area contributed by atoms with E-state index in [9.17, 15) is 0 Å². The van der Waals surface area contributed by atoms with Crippen molar-refractivity contribution >= 4 is 5.69 Å². The number of benzene rings is 2. The molecule has 2 aromatic carbocycles. The number of nitrogens with one attached hydrogen (secondary N) is 1. The zero-order valence-electron chi connectivity index (χ0n) is 14.5. The van der Waals surface area contributed by atoms with E-state index in [1.165, 1.54) is 0 Å². The molecule has 0 spiro atoms. The fraction of sp³-hybridized carbons (Fsp3) is 0.400. The first-order valence-electron chi connectivity index (χ1n) is 8.45. The van der Waals surface area contributed by atoms with Crippen LogP contribution in [0.4, 0.5) is 5.69 Å². The van der Waals surface area contributed by atoms with E-state index in [1.807, 2.05) is 24.3 Å². The van der Waals surface area contributed by atoms with Gasteiger partial charge in [0.1, 0.15) is 11.5 Å². The van der Waals surface area contributed by atoms with E-state index in [0.717, 1.165) is 60.5 Å². The van der Waals surface area contributed by atoms with Crippen LogP contribution in [0.3, 0.4) is 0 Å². The molecule has 130 valence electrons. The van der Waals surface area contributed by atoms with Crippen molar-refractivity contribution in [3.05, 3.63) is 42.5 Å². The van der Waals surface area contributed by atoms with Crippen molar-refractivity contribution in [1.29, 1.82) is 0 Å². The van der Waals surface area contributed by atoms with Gasteiger partial charge in [0.2, 0.25) is 0 Å². The Morgan fingerprint density at radius 2 is 1.75 bits per heavy atom. The summed E-state index contributed by atoms with van der Waals surface area (Å²) in [5.41, 5.74) is 3.26. The van der Waals surface area contributed by atoms with Gasteiger partial charge in [-0.1, -0.05) is 25.0 Å². The lowest BCUT2D eigenvalue weighted by Crippen LogP contribution is -2.01. The summed E-state index contributed by atoms with van der Waals surface area (Å²) in [5, 5.41) is 12.2. The normalized spacial score (nSPS) is 10.5. The lowest BCUT2D eigenvalue weighted by molar-refractivity contribution is 0.283. The number of ether oxygens (including phenoxy) is 2. The molecule has 0 saturated heterocycles. The molecule has 2 aromatic rings. The third kappa shape index (κ3) is 5.17. The van der Waals surface area contributed by atoms with Gasteiger partial charge < -0.3 is 19.9 Å². The standard InChI is InChI=1S/C20H27NO3/c1-23-18-10-11-19(20(15-18)24-2)16-8-7-9-17(14-16)21-12-5-3-4-6-13-22/h7-11,14-15,21-22H,3-6,12-13H2,1-2H3. The first kappa shape index (κ1) is 18.1. The average Bonchev–Trinajstić information content (AvgIpc) is 2.64. The van der Waals surface area contributed by atoms with Gasteiger partial charge in [-0.05, 0) is 42.7 Å². The molecular weight excluding hydrogens is 302 g/mol. The topological polar surface area (TPSA) is 50.7 Å². The molecule has 0 atom stereocenters. The Labute approximate surface area is 144 Å². The lowest BCUT2D eigenvalue weighted by atomic mass is 10.0. The van der Waals surface area contributed by atoms with E-state index in [4.69, 9.17) is 14.6 Å². The molecular formula is C20H27NO3. The van der Waals surface area contributed by atoms with Crippen LogP contribution in [0.25, 0.3) is 11.1 Å². The number of aliphatic hydroxyl groups is 1. The second-order valence-corrected chi connectivity index (χ2v) is 5.71. The second kappa shape index (κ2) is 9.83. The van der Waals surface area contributed by atoms with Crippen molar-refractivity contribution in [2.45, 2.75) is 25.7 Å². The molecule has 24 heavy (non-hydrogen) atoms. The molecule has 4 nitrogen and oxygen atoms in total. The molecule has 0 bridgehead atoms. The lowest BCUT2D eigenvalue weighted by Gasteiger charge is -2.12. The smallest absolute Gasteiger partial charge is 0.130 e. The van der Waals surface area contributed by atoms with E-state index in [0.29, 0.717) is 6.61 Å². The van der Waals surface area contributed by atoms with Crippen molar-refractivity contribution in [2.75, 3.05) is 32.7 Å². The van der Waals surface area contributed by atoms with Crippen LogP contribution in [0, 0.1) is 0 Å². The van der Waals surface area contributed by atoms with Crippen LogP contribution >= 0.6 is 0 Å². The molecule has 2 rings (SSSR count). The Kier molecular flexibility index (Phi) is 7.43. The van der Waals surface area contributed by atoms with E-state index in [2.05, 4.69) is 23.5 Å². The summed E-state index contributed by atoms with van der Waals surface area (Å²) in [7, 11) is 3.33. The number of aliphatic hydroxyl groups excluding tert-OH is 1. The summed E-state index contributed by atoms with van der Waals surface area (Å²) in [6, 6.07) is 14.2. The summed E-state index contributed by atoms with van der Waals surface area (Å²) in [4.78, 5) is 0. The third-order valence-electron chi connectivity index (χ3n) is 4.00. The Balaban J connectivity index is 2.02. The van der Waals surface area contributed by atoms with E-state index in [1.54, 1.807) is 14.2 Å². The van der Waals surface area contributed by atoms with Crippen molar-refractivity contribution in [2.24, 2.45) is 0 Å². The van der Waals surface area contributed by atoms with Crippen molar-refractivity contribution < 1.29 is 14.6 Å². The second-order valence-electron chi connectivity index (χ2n) is 5.71. The molecule has 0 unspecified atom stereocenters. The van der Waals surface area contributed by atoms with Crippen LogP contribution in [0.15, 0.2) is 42.5 Å². The van der Waals surface area contributed by atoms with Crippen LogP contribution in [0.1, 0.15) is 25.7 Å². The maximum Gasteiger partial charge on any atom is 0.130 e. The zero-order valence-corrected chi connectivity index (χ0v) is 14.5. The molecule has 0 aliphatic heterocycles. The zero-order chi connectivity index (χ0) is 17.2. The number of unbranched alkanes of at least 4 members (excludes halogenated alkanes) is 3. The minimum absolute atomic E-state index is 0.291. The Morgan fingerprint density at radius 1 is 0.917 bits per heavy atom. The van der Waals surface area contributed by atoms with Gasteiger partial charge in [0, 0.05) is 30.5 Å². The van der Waals surface area contributed by atoms with E-state index < -0.39 is 0 Å². The van der Waals surface area contributed by atoms with Gasteiger partial charge >= 0.3 is 0 Å². The number of hydrogen-bond donors (Lipinski definition) is 2. The minimum atomic E-state index is 0.291. The number of anilines is 1. The van der Waals surface area contributed by atoms with Crippen LogP contribution in [0.5, 0.6) is 11.5 Å². The quantitative estimate of drug-likeness (QED) is 0.637. The van der Waals surface area contributed by atoms with Gasteiger partial charge in [0.05, 0.1) is 14.2 Å². The largest absolute Gasteiger partial charge is 0.497 e. The highest BCUT2D eigenvalue weighted by Crippen LogP contribution is 2.34. The fourth-order valence-corrected chi connectivity index (χ4v) is 2.66. The fourth-order valence-electron chi connectivity index (χ4n) is 2.66. The van der Waals surface area contributed by atoms with E-state index in [-0.39, 0.29) is 0 Å². The summed E-state index contributed by atoms with van der Waals surface area (Å²) < 4.78 is 10.8. The van der Waals surface area contributed by atoms with Gasteiger partial charge in [0.15, 0.2) is 0 Å². The maximum absolute atomic E-state index is 8.78. The summed E-state index contributed by atoms with van der Waals surface area (Å²) in [5.74, 6) is 1.59. The molecule has 0 aliphatic rings. The van der Waals surface area contributed by atoms with Crippen molar-refractivity contribution in [3.8, 4) is 22.6 Å². The highest BCUT2D eigenvalue weighted by Gasteiger charge is 2.08. The Morgan fingerprint density at radius 3 is 2.50 bits per heavy atom. The first-order valence-corrected chi connectivity index (χ1v) is 8.45. The van der Waals surface area contributed by atoms with Gasteiger partial charge in [-0.2, -0.15) is 0 Å². The maximum atomic E-state index is 8.78. The summed E-state index contributed by atoms with van der Waals surface area (Å²) in [6.45, 7) is 1.23. The molecule has 0 heterocycles. The molecule has 0 fully saturated rings. The predicted octanol–water partition coefficient (Wildman–Crippen LogP) is 4.34. The van der Waals surface area contributed by atoms with Gasteiger partial charge in [0.25, 0.3) is 0 Å². The number of hydrogen-bond acceptors (Lipinski definition) is 4. The Bertz CT molecular complexity index is 628. The third-order valence-corrected chi connectivity index (χ3v) is 4.00. The molecule has 2 N–H and O–H groups in total. The van der Waals surface area contributed by atoms with Crippen LogP contribution in [0.2, 0.25) is 0 Å². The molecule has 0 radical (unpaired) electrons. The minimum Gasteiger partial charge on any atom is -0.497 e. The highest BCUT2D eigenvalue weighted by atomic mass is 16.5.